The lowest BCUT2D eigenvalue weighted by atomic mass is 9.91. The van der Waals surface area contributed by atoms with Crippen molar-refractivity contribution in [3.63, 3.8) is 0 Å². The highest BCUT2D eigenvalue weighted by molar-refractivity contribution is 6.01. The van der Waals surface area contributed by atoms with Gasteiger partial charge in [-0.05, 0) is 70.1 Å². The number of guanidine groups is 1. The summed E-state index contributed by atoms with van der Waals surface area (Å²) in [5.74, 6) is -18.9. The van der Waals surface area contributed by atoms with Crippen molar-refractivity contribution in [1.82, 2.24) is 41.7 Å². The molecule has 0 aromatic carbocycles. The summed E-state index contributed by atoms with van der Waals surface area (Å²) in [6.45, 7) is 0.344. The fourth-order valence-electron chi connectivity index (χ4n) is 10.1. The van der Waals surface area contributed by atoms with Gasteiger partial charge >= 0.3 is 23.9 Å². The van der Waals surface area contributed by atoms with Crippen molar-refractivity contribution < 1.29 is 108 Å². The number of ether oxygens (including phenoxy) is 1. The first-order chi connectivity index (χ1) is 42.3. The van der Waals surface area contributed by atoms with E-state index in [4.69, 9.17) is 21.9 Å². The quantitative estimate of drug-likeness (QED) is 0.00890. The van der Waals surface area contributed by atoms with Gasteiger partial charge < -0.3 is 110 Å². The van der Waals surface area contributed by atoms with Crippen molar-refractivity contribution in [3.05, 3.63) is 24.3 Å². The van der Waals surface area contributed by atoms with Crippen LogP contribution in [0.25, 0.3) is 0 Å². The molecule has 90 heavy (non-hydrogen) atoms. The number of amides is 8. The number of rotatable bonds is 44. The van der Waals surface area contributed by atoms with E-state index in [1.165, 1.54) is 32.6 Å². The van der Waals surface area contributed by atoms with E-state index in [2.05, 4.69) is 40.0 Å². The van der Waals surface area contributed by atoms with E-state index in [9.17, 15) is 98.7 Å². The Bertz CT molecular complexity index is 2640. The highest BCUT2D eigenvalue weighted by atomic mass is 16.5. The number of hydrogen-bond acceptors (Lipinski definition) is 20. The van der Waals surface area contributed by atoms with Crippen LogP contribution in [-0.2, 0) is 62.3 Å². The summed E-state index contributed by atoms with van der Waals surface area (Å²) in [5, 5.41) is 105. The third kappa shape index (κ3) is 22.5. The second-order valence-corrected chi connectivity index (χ2v) is 22.8. The van der Waals surface area contributed by atoms with Gasteiger partial charge in [0.15, 0.2) is 18.2 Å². The number of nitrogens with one attached hydrogen (secondary N) is 6. The molecule has 34 nitrogen and oxygen atoms in total. The monoisotopic (exact) mass is 1280 g/mol. The van der Waals surface area contributed by atoms with Gasteiger partial charge in [0.1, 0.15) is 54.7 Å². The number of piperidine rings is 1. The van der Waals surface area contributed by atoms with Crippen LogP contribution in [0.4, 0.5) is 0 Å². The van der Waals surface area contributed by atoms with Crippen LogP contribution in [0.15, 0.2) is 29.3 Å². The Morgan fingerprint density at radius 2 is 1.42 bits per heavy atom. The number of likely N-dealkylation sites (N-methyl/N-ethyl adjacent to an activating group) is 1. The fraction of sp³-hybridized carbons (Fsp3) is 0.696. The molecular formula is C56H90N12O22. The molecule has 506 valence electrons. The number of unbranched alkanes of at least 4 members (excludes halogenated alkanes) is 7. The Balaban J connectivity index is 2.00. The number of nitrogens with two attached hydrogens (primary N) is 3. The Labute approximate surface area is 518 Å². The molecule has 1 heterocycles. The third-order valence-corrected chi connectivity index (χ3v) is 16.1. The number of allylic oxidation sites excluding steroid dienone is 3. The molecule has 3 rings (SSSR count). The van der Waals surface area contributed by atoms with Crippen molar-refractivity contribution >= 4 is 77.1 Å². The number of carbonyl (C=O) groups excluding carboxylic acids is 8. The summed E-state index contributed by atoms with van der Waals surface area (Å²) in [6, 6.07) is -13.2. The predicted molar refractivity (Wildman–Crippen MR) is 314 cm³/mol. The van der Waals surface area contributed by atoms with Crippen LogP contribution in [0, 0.1) is 17.8 Å². The van der Waals surface area contributed by atoms with Crippen molar-refractivity contribution in [2.24, 2.45) is 39.9 Å². The van der Waals surface area contributed by atoms with E-state index in [0.717, 1.165) is 65.0 Å². The lowest BCUT2D eigenvalue weighted by molar-refractivity contribution is -0.171. The van der Waals surface area contributed by atoms with Gasteiger partial charge in [0.2, 0.25) is 41.4 Å². The summed E-state index contributed by atoms with van der Waals surface area (Å²) in [5.41, 5.74) is 12.2. The first-order valence-corrected chi connectivity index (χ1v) is 29.7. The number of aliphatic hydroxyl groups is 5. The zero-order valence-corrected chi connectivity index (χ0v) is 50.9. The second kappa shape index (κ2) is 36.1. The second-order valence-electron chi connectivity index (χ2n) is 22.8. The third-order valence-electron chi connectivity index (χ3n) is 16.1. The molecule has 0 aromatic rings. The van der Waals surface area contributed by atoms with Crippen molar-refractivity contribution in [3.8, 4) is 0 Å². The van der Waals surface area contributed by atoms with Crippen LogP contribution >= 0.6 is 0 Å². The average Bonchev–Trinajstić information content (AvgIpc) is 1.55. The molecule has 2 saturated carbocycles. The normalized spacial score (nSPS) is 21.4. The lowest BCUT2D eigenvalue weighted by Gasteiger charge is -2.41. The van der Waals surface area contributed by atoms with Crippen LogP contribution < -0.4 is 49.1 Å². The number of carboxylic acid groups (broad SMARTS) is 4. The van der Waals surface area contributed by atoms with Crippen molar-refractivity contribution in [2.45, 2.75) is 189 Å². The maximum Gasteiger partial charge on any atom is 0.335 e. The Kier molecular flexibility index (Phi) is 30.6. The number of aliphatic hydroxyl groups excluding tert-OH is 5. The number of aliphatic carboxylic acids is 4. The maximum atomic E-state index is 15.1. The van der Waals surface area contributed by atoms with Gasteiger partial charge in [0.05, 0.1) is 44.2 Å². The topological polar surface area (TPSA) is 565 Å². The molecule has 0 radical (unpaired) electrons. The number of aliphatic imine (C=N–C) groups is 1. The van der Waals surface area contributed by atoms with Gasteiger partial charge in [-0.3, -0.25) is 52.9 Å². The van der Waals surface area contributed by atoms with Gasteiger partial charge in [0.25, 0.3) is 5.91 Å². The van der Waals surface area contributed by atoms with E-state index in [-0.39, 0.29) is 24.8 Å². The minimum Gasteiger partial charge on any atom is -0.481 e. The summed E-state index contributed by atoms with van der Waals surface area (Å²) in [7, 11) is 0.821. The molecule has 15 atom stereocenters. The highest BCUT2D eigenvalue weighted by Crippen LogP contribution is 2.52. The Morgan fingerprint density at radius 1 is 0.800 bits per heavy atom. The summed E-state index contributed by atoms with van der Waals surface area (Å²) >= 11 is 0. The predicted octanol–water partition coefficient (Wildman–Crippen LogP) is -5.45. The first kappa shape index (κ1) is 76.4. The van der Waals surface area contributed by atoms with Crippen molar-refractivity contribution in [1.29, 1.82) is 0 Å². The minimum atomic E-state index is -2.78. The van der Waals surface area contributed by atoms with E-state index in [0.29, 0.717) is 9.80 Å². The van der Waals surface area contributed by atoms with E-state index >= 15 is 4.79 Å². The molecular weight excluding hydrogens is 1190 g/mol. The van der Waals surface area contributed by atoms with E-state index < -0.39 is 201 Å². The average molecular weight is 1280 g/mol. The van der Waals surface area contributed by atoms with Crippen LogP contribution in [-0.4, -0.2) is 245 Å². The van der Waals surface area contributed by atoms with Gasteiger partial charge in [0, 0.05) is 19.5 Å². The molecule has 1 aliphatic heterocycles. The smallest absolute Gasteiger partial charge is 0.335 e. The largest absolute Gasteiger partial charge is 0.481 e. The molecule has 8 amide bonds. The molecule has 3 fully saturated rings. The van der Waals surface area contributed by atoms with Crippen LogP contribution in [0.5, 0.6) is 0 Å². The molecule has 21 N–H and O–H groups in total. The molecule has 0 bridgehead atoms. The Morgan fingerprint density at radius 3 is 1.96 bits per heavy atom. The molecule has 1 saturated heterocycles. The molecule has 0 aromatic heterocycles. The summed E-state index contributed by atoms with van der Waals surface area (Å²) < 4.78 is 6.28. The van der Waals surface area contributed by atoms with Gasteiger partial charge in [-0.2, -0.15) is 0 Å². The van der Waals surface area contributed by atoms with Crippen LogP contribution in [0.3, 0.4) is 0 Å². The molecule has 2 aliphatic carbocycles. The van der Waals surface area contributed by atoms with Crippen LogP contribution in [0.2, 0.25) is 0 Å². The number of fused-ring (bicyclic) bond motifs is 1. The lowest BCUT2D eigenvalue weighted by Crippen LogP contribution is -2.67. The fourth-order valence-corrected chi connectivity index (χ4v) is 10.1. The highest BCUT2D eigenvalue weighted by Gasteiger charge is 2.69. The number of carboxylic acids is 4. The molecule has 0 spiro atoms. The number of hydrogen-bond donors (Lipinski definition) is 18. The molecule has 3 aliphatic rings. The zero-order valence-electron chi connectivity index (χ0n) is 50.9. The minimum absolute atomic E-state index is 0.0153. The summed E-state index contributed by atoms with van der Waals surface area (Å²) in [6.07, 6.45) is 6.50. The summed E-state index contributed by atoms with van der Waals surface area (Å²) in [4.78, 5) is 164. The van der Waals surface area contributed by atoms with Gasteiger partial charge in [-0.15, -0.1) is 0 Å². The molecule has 6 unspecified atom stereocenters. The standard InChI is InChI=1S/C56H90N12O22/c1-5-7-8-9-10-11-12-13-14-15-16-17-29-20-30(29)18-19-35(70)46(80)65-41(43(78)52(87)88)50(84)67(4)34(22-39(75)76)49(83)68(56-23-31(56)24-61-53(56)89)28-90-55(3,6-2)44(48(82)60-26-37(72)63-33(27-69)51(85)86)66-47(81)40(42(77)36(71)25-62-54(58)59)64-45(79)32(57)21-38(73)74/h11-12,18-19,29-36,40-44,69-71,77-78H,5-10,13-17,20-28,57H2,1-4H3,(H,60,82)(H,61,89)(H,63,72)(H,64,79)(H,65,80)(H,66,81)(H,73,74)(H,75,76)(H,85,86)(H,87,88)(H4,58,59,62)/b12-11-,19-18+/t29-,30-,31-,32+,33+,34+,35?,36?,40?,41+,42?,43+,44?,55?,56+/m1/s1. The zero-order chi connectivity index (χ0) is 67.8. The van der Waals surface area contributed by atoms with Crippen LogP contribution in [0.1, 0.15) is 117 Å². The van der Waals surface area contributed by atoms with E-state index in [1.54, 1.807) is 6.08 Å². The maximum absolute atomic E-state index is 15.1. The van der Waals surface area contributed by atoms with Gasteiger partial charge in [-0.25, -0.2) is 9.59 Å². The Hall–Kier alpha value is -7.89. The van der Waals surface area contributed by atoms with Crippen molar-refractivity contribution in [2.75, 3.05) is 40.0 Å². The first-order valence-electron chi connectivity index (χ1n) is 29.7. The number of carbonyl (C=O) groups is 12. The number of nitrogens with zero attached hydrogens (tertiary/aromatic N) is 3. The SMILES string of the molecule is CCCCCC/C=C\CCCCC[C@@H]1C[C@H]1/C=C/C(O)C(=O)N[C@H](C(=O)N(C)[C@@H](CC(=O)O)C(=O)N(COC(C)(CC)C(NC(=O)C(NC(=O)[C@@H](N)CC(=O)O)C(O)C(O)CN=C(N)N)C(=O)NCC(=O)N[C@@H](CO)C(=O)O)[C@@]12C[C@@H]1CNC2=O)[C@H](O)C(=O)O. The molecule has 34 heteroatoms. The van der Waals surface area contributed by atoms with Gasteiger partial charge in [-0.1, -0.05) is 70.3 Å². The van der Waals surface area contributed by atoms with E-state index in [1.807, 2.05) is 16.0 Å².